The molecule has 0 fully saturated rings. The second-order valence-electron chi connectivity index (χ2n) is 13.7. The first kappa shape index (κ1) is 27.7. The zero-order valence-corrected chi connectivity index (χ0v) is 27.9. The number of hydrogen-bond acceptors (Lipinski definition) is 2. The Morgan fingerprint density at radius 2 is 0.731 bits per heavy atom. The average Bonchev–Trinajstić information content (AvgIpc) is 3.95. The van der Waals surface area contributed by atoms with Gasteiger partial charge in [-0.05, 0) is 77.9 Å². The topological polar surface area (TPSA) is 36.1 Å². The molecule has 0 unspecified atom stereocenters. The van der Waals surface area contributed by atoms with Crippen LogP contribution in [0.5, 0.6) is 0 Å². The Kier molecular flexibility index (Phi) is 5.47. The average molecular weight is 665 g/mol. The summed E-state index contributed by atoms with van der Waals surface area (Å²) >= 11 is 0. The third-order valence-corrected chi connectivity index (χ3v) is 10.9. The SMILES string of the molecule is c1ccc(-c2cc(-n3c4ccccc4c4c5c(ccc43)oc3ccccc35)cc(-n3c4ccccc4c4c5c(ccc43)oc3ccccc35)c2)cc1. The number of para-hydroxylation sites is 4. The lowest BCUT2D eigenvalue weighted by atomic mass is 10.0. The maximum absolute atomic E-state index is 6.38. The first-order valence-electron chi connectivity index (χ1n) is 17.7. The van der Waals surface area contributed by atoms with Crippen LogP contribution in [-0.2, 0) is 0 Å². The molecule has 4 aromatic heterocycles. The number of furan rings is 2. The van der Waals surface area contributed by atoms with Gasteiger partial charge in [-0.2, -0.15) is 0 Å². The largest absolute Gasteiger partial charge is 0.456 e. The monoisotopic (exact) mass is 664 g/mol. The zero-order chi connectivity index (χ0) is 33.9. The summed E-state index contributed by atoms with van der Waals surface area (Å²) in [6.07, 6.45) is 0. The highest BCUT2D eigenvalue weighted by Crippen LogP contribution is 2.44. The second-order valence-corrected chi connectivity index (χ2v) is 13.7. The summed E-state index contributed by atoms with van der Waals surface area (Å²) in [7, 11) is 0. The van der Waals surface area contributed by atoms with E-state index in [0.717, 1.165) is 82.9 Å². The van der Waals surface area contributed by atoms with Crippen molar-refractivity contribution in [3.63, 3.8) is 0 Å². The minimum absolute atomic E-state index is 0.902. The lowest BCUT2D eigenvalue weighted by Gasteiger charge is -2.16. The standard InChI is InChI=1S/C48H28N2O2/c1-2-12-29(13-3-1)30-26-31(49-37-18-8-4-14-33(37)45-39(49)22-24-43-47(45)35-16-6-10-20-41(35)51-43)28-32(27-30)50-38-19-9-5-15-34(38)46-40(50)23-25-44-48(46)36-17-7-11-21-42(36)52-44/h1-28H. The third-order valence-electron chi connectivity index (χ3n) is 10.9. The van der Waals surface area contributed by atoms with E-state index in [2.05, 4.69) is 167 Å². The number of rotatable bonds is 3. The van der Waals surface area contributed by atoms with Crippen molar-refractivity contribution < 1.29 is 8.83 Å². The Balaban J connectivity index is 1.22. The number of nitrogens with zero attached hydrogens (tertiary/aromatic N) is 2. The quantitative estimate of drug-likeness (QED) is 0.188. The van der Waals surface area contributed by atoms with E-state index in [1.807, 2.05) is 12.1 Å². The molecule has 4 heteroatoms. The number of benzene rings is 8. The summed E-state index contributed by atoms with van der Waals surface area (Å²) in [5.74, 6) is 0. The molecule has 0 aliphatic rings. The molecule has 52 heavy (non-hydrogen) atoms. The molecule has 0 aliphatic carbocycles. The lowest BCUT2D eigenvalue weighted by Crippen LogP contribution is -2.00. The van der Waals surface area contributed by atoms with Crippen LogP contribution in [0.4, 0.5) is 0 Å². The first-order chi connectivity index (χ1) is 25.8. The van der Waals surface area contributed by atoms with E-state index in [0.29, 0.717) is 0 Å². The molecule has 4 heterocycles. The summed E-state index contributed by atoms with van der Waals surface area (Å²) in [4.78, 5) is 0. The van der Waals surface area contributed by atoms with Crippen molar-refractivity contribution >= 4 is 87.5 Å². The Hall–Kier alpha value is -7.04. The van der Waals surface area contributed by atoms with Gasteiger partial charge in [-0.1, -0.05) is 103 Å². The Labute approximate surface area is 296 Å². The summed E-state index contributed by atoms with van der Waals surface area (Å²) in [6, 6.07) is 60.6. The number of fused-ring (bicyclic) bond motifs is 14. The molecule has 0 spiro atoms. The predicted molar refractivity (Wildman–Crippen MR) is 215 cm³/mol. The number of hydrogen-bond donors (Lipinski definition) is 0. The van der Waals surface area contributed by atoms with Crippen molar-refractivity contribution in [2.75, 3.05) is 0 Å². The maximum Gasteiger partial charge on any atom is 0.136 e. The molecule has 0 saturated heterocycles. The summed E-state index contributed by atoms with van der Waals surface area (Å²) in [5, 5.41) is 9.38. The molecule has 4 nitrogen and oxygen atoms in total. The Bertz CT molecular complexity index is 3200. The van der Waals surface area contributed by atoms with Crippen LogP contribution in [0.1, 0.15) is 0 Å². The van der Waals surface area contributed by atoms with E-state index >= 15 is 0 Å². The molecule has 0 radical (unpaired) electrons. The first-order valence-corrected chi connectivity index (χ1v) is 17.7. The van der Waals surface area contributed by atoms with E-state index in [1.165, 1.54) is 27.1 Å². The predicted octanol–water partition coefficient (Wildman–Crippen LogP) is 13.3. The molecule has 0 N–H and O–H groups in total. The fraction of sp³-hybridized carbons (Fsp3) is 0. The van der Waals surface area contributed by atoms with Gasteiger partial charge in [0.05, 0.1) is 22.1 Å². The van der Waals surface area contributed by atoms with Crippen LogP contribution in [0.3, 0.4) is 0 Å². The van der Waals surface area contributed by atoms with Crippen molar-refractivity contribution in [3.05, 3.63) is 170 Å². The molecular weight excluding hydrogens is 637 g/mol. The molecule has 242 valence electrons. The van der Waals surface area contributed by atoms with Crippen molar-refractivity contribution in [1.82, 2.24) is 9.13 Å². The van der Waals surface area contributed by atoms with Crippen LogP contribution in [-0.4, -0.2) is 9.13 Å². The van der Waals surface area contributed by atoms with Gasteiger partial charge in [-0.3, -0.25) is 0 Å². The maximum atomic E-state index is 6.38. The van der Waals surface area contributed by atoms with Gasteiger partial charge < -0.3 is 18.0 Å². The van der Waals surface area contributed by atoms with Gasteiger partial charge in [0.25, 0.3) is 0 Å². The van der Waals surface area contributed by atoms with Gasteiger partial charge in [-0.25, -0.2) is 0 Å². The molecule has 0 atom stereocenters. The zero-order valence-electron chi connectivity index (χ0n) is 27.9. The second kappa shape index (κ2) is 10.3. The molecular formula is C48H28N2O2. The van der Waals surface area contributed by atoms with Gasteiger partial charge in [0.1, 0.15) is 22.3 Å². The van der Waals surface area contributed by atoms with E-state index < -0.39 is 0 Å². The third kappa shape index (κ3) is 3.70. The van der Waals surface area contributed by atoms with Crippen LogP contribution >= 0.6 is 0 Å². The fourth-order valence-electron chi connectivity index (χ4n) is 8.76. The van der Waals surface area contributed by atoms with Crippen LogP contribution < -0.4 is 0 Å². The summed E-state index contributed by atoms with van der Waals surface area (Å²) in [5.41, 5.74) is 12.7. The lowest BCUT2D eigenvalue weighted by molar-refractivity contribution is 0.669. The highest BCUT2D eigenvalue weighted by Gasteiger charge is 2.22. The molecule has 0 aliphatic heterocycles. The van der Waals surface area contributed by atoms with E-state index in [1.54, 1.807) is 0 Å². The fourth-order valence-corrected chi connectivity index (χ4v) is 8.76. The molecule has 0 bridgehead atoms. The molecule has 12 rings (SSSR count). The van der Waals surface area contributed by atoms with Gasteiger partial charge in [-0.15, -0.1) is 0 Å². The van der Waals surface area contributed by atoms with E-state index in [4.69, 9.17) is 8.83 Å². The van der Waals surface area contributed by atoms with Gasteiger partial charge >= 0.3 is 0 Å². The van der Waals surface area contributed by atoms with E-state index in [-0.39, 0.29) is 0 Å². The van der Waals surface area contributed by atoms with Crippen molar-refractivity contribution in [1.29, 1.82) is 0 Å². The molecule has 0 amide bonds. The van der Waals surface area contributed by atoms with Crippen molar-refractivity contribution in [3.8, 4) is 22.5 Å². The smallest absolute Gasteiger partial charge is 0.136 e. The van der Waals surface area contributed by atoms with Crippen LogP contribution in [0, 0.1) is 0 Å². The highest BCUT2D eigenvalue weighted by molar-refractivity contribution is 6.28. The van der Waals surface area contributed by atoms with Crippen LogP contribution in [0.25, 0.3) is 110 Å². The Morgan fingerprint density at radius 1 is 0.288 bits per heavy atom. The van der Waals surface area contributed by atoms with Crippen LogP contribution in [0.15, 0.2) is 179 Å². The minimum atomic E-state index is 0.902. The minimum Gasteiger partial charge on any atom is -0.456 e. The van der Waals surface area contributed by atoms with Crippen LogP contribution in [0.2, 0.25) is 0 Å². The molecule has 8 aromatic carbocycles. The van der Waals surface area contributed by atoms with Crippen molar-refractivity contribution in [2.24, 2.45) is 0 Å². The molecule has 0 saturated carbocycles. The summed E-state index contributed by atoms with van der Waals surface area (Å²) in [6.45, 7) is 0. The Morgan fingerprint density at radius 3 is 1.25 bits per heavy atom. The van der Waals surface area contributed by atoms with E-state index in [9.17, 15) is 0 Å². The van der Waals surface area contributed by atoms with Crippen molar-refractivity contribution in [2.45, 2.75) is 0 Å². The summed E-state index contributed by atoms with van der Waals surface area (Å²) < 4.78 is 17.6. The normalized spacial score (nSPS) is 12.2. The number of aromatic nitrogens is 2. The van der Waals surface area contributed by atoms with Gasteiger partial charge in [0, 0.05) is 54.5 Å². The highest BCUT2D eigenvalue weighted by atomic mass is 16.3. The van der Waals surface area contributed by atoms with Gasteiger partial charge in [0.15, 0.2) is 0 Å². The molecule has 12 aromatic rings. The van der Waals surface area contributed by atoms with Gasteiger partial charge in [0.2, 0.25) is 0 Å².